The summed E-state index contributed by atoms with van der Waals surface area (Å²) in [4.78, 5) is 65.2. The molecule has 0 radical (unpaired) electrons. The minimum Gasteiger partial charge on any atom is -0.444 e. The number of likely N-dealkylation sites (tertiary alicyclic amines) is 2. The van der Waals surface area contributed by atoms with E-state index >= 15 is 0 Å². The maximum atomic E-state index is 12.6. The first-order chi connectivity index (χ1) is 22.8. The molecule has 2 aromatic rings. The molecule has 0 aromatic carbocycles. The Balaban J connectivity index is 0.000000280. The van der Waals surface area contributed by atoms with Gasteiger partial charge in [-0.2, -0.15) is 0 Å². The Bertz CT molecular complexity index is 1390. The first-order valence-corrected chi connectivity index (χ1v) is 17.4. The molecule has 2 aromatic heterocycles. The molecule has 2 unspecified atom stereocenters. The maximum Gasteiger partial charge on any atom is 0.410 e. The fourth-order valence-electron chi connectivity index (χ4n) is 5.10. The van der Waals surface area contributed by atoms with Crippen LogP contribution in [0.3, 0.4) is 0 Å². The summed E-state index contributed by atoms with van der Waals surface area (Å²) in [5.41, 5.74) is 1.31. The van der Waals surface area contributed by atoms with E-state index in [4.69, 9.17) is 14.3 Å². The molecule has 12 nitrogen and oxygen atoms in total. The molecule has 0 bridgehead atoms. The summed E-state index contributed by atoms with van der Waals surface area (Å²) in [5, 5.41) is 1.21. The molecule has 0 N–H and O–H groups in total. The van der Waals surface area contributed by atoms with E-state index in [-0.39, 0.29) is 35.7 Å². The summed E-state index contributed by atoms with van der Waals surface area (Å²) in [6, 6.07) is 11.3. The minimum atomic E-state index is -0.522. The van der Waals surface area contributed by atoms with Crippen LogP contribution >= 0.6 is 15.9 Å². The van der Waals surface area contributed by atoms with E-state index in [1.165, 1.54) is 12.2 Å². The van der Waals surface area contributed by atoms with Gasteiger partial charge in [-0.3, -0.25) is 19.4 Å². The Hall–Kier alpha value is -3.58. The fourth-order valence-corrected chi connectivity index (χ4v) is 5.53. The Kier molecular flexibility index (Phi) is 16.1. The molecule has 2 atom stereocenters. The third-order valence-electron chi connectivity index (χ3n) is 7.45. The zero-order chi connectivity index (χ0) is 36.9. The number of piperidine rings is 2. The number of ketones is 1. The molecular formula is C36H54BrN5O7. The molecular weight excluding hydrogens is 694 g/mol. The molecule has 0 aliphatic carbocycles. The van der Waals surface area contributed by atoms with Crippen LogP contribution in [0, 0.1) is 25.7 Å². The molecule has 2 aliphatic rings. The van der Waals surface area contributed by atoms with Gasteiger partial charge in [0.2, 0.25) is 0 Å². The van der Waals surface area contributed by atoms with Crippen LogP contribution in [-0.2, 0) is 19.1 Å². The van der Waals surface area contributed by atoms with Gasteiger partial charge in [-0.15, -0.1) is 0 Å². The summed E-state index contributed by atoms with van der Waals surface area (Å²) >= 11 is 3.25. The number of amides is 3. The largest absolute Gasteiger partial charge is 0.444 e. The highest BCUT2D eigenvalue weighted by Gasteiger charge is 2.33. The highest BCUT2D eigenvalue weighted by Crippen LogP contribution is 2.23. The van der Waals surface area contributed by atoms with Gasteiger partial charge >= 0.3 is 12.2 Å². The standard InChI is InChI=1S/C17H24N2O3.C13H24N2O4.C6H6BrN/c1-12-7-5-9-14(18-12)15(20)13-8-6-10-19(11-13)16(21)22-17(2,3)4;1-13(2,3)19-12(17)15-8-6-7-10(9-15)11(16)14(4)18-5;1-5-3-2-4-6(7)8-5/h5,7,9,13H,6,8,10-11H2,1-4H3;10H,6-9H2,1-5H3;2-4H,1H3. The van der Waals surface area contributed by atoms with Crippen LogP contribution in [0.15, 0.2) is 41.0 Å². The van der Waals surface area contributed by atoms with Gasteiger partial charge in [0, 0.05) is 50.5 Å². The lowest BCUT2D eigenvalue weighted by atomic mass is 9.92. The van der Waals surface area contributed by atoms with Crippen molar-refractivity contribution in [3.05, 3.63) is 58.1 Å². The van der Waals surface area contributed by atoms with Crippen molar-refractivity contribution in [2.75, 3.05) is 40.3 Å². The van der Waals surface area contributed by atoms with Crippen molar-refractivity contribution >= 4 is 39.8 Å². The lowest BCUT2D eigenvalue weighted by Crippen LogP contribution is -2.47. The number of nitrogens with zero attached hydrogens (tertiary/aromatic N) is 5. The van der Waals surface area contributed by atoms with Gasteiger partial charge in [-0.1, -0.05) is 12.1 Å². The molecule has 0 spiro atoms. The predicted molar refractivity (Wildman–Crippen MR) is 191 cm³/mol. The van der Waals surface area contributed by atoms with E-state index in [1.807, 2.05) is 85.7 Å². The number of halogens is 1. The van der Waals surface area contributed by atoms with E-state index in [9.17, 15) is 19.2 Å². The van der Waals surface area contributed by atoms with Crippen LogP contribution in [0.4, 0.5) is 9.59 Å². The van der Waals surface area contributed by atoms with Crippen LogP contribution in [0.2, 0.25) is 0 Å². The van der Waals surface area contributed by atoms with Crippen molar-refractivity contribution in [3.8, 4) is 0 Å². The average molecular weight is 749 g/mol. The van der Waals surface area contributed by atoms with Crippen LogP contribution in [0.5, 0.6) is 0 Å². The van der Waals surface area contributed by atoms with Crippen molar-refractivity contribution in [3.63, 3.8) is 0 Å². The predicted octanol–water partition coefficient (Wildman–Crippen LogP) is 7.03. The van der Waals surface area contributed by atoms with Crippen molar-refractivity contribution in [1.82, 2.24) is 24.8 Å². The number of aromatic nitrogens is 2. The lowest BCUT2D eigenvalue weighted by molar-refractivity contribution is -0.174. The monoisotopic (exact) mass is 747 g/mol. The van der Waals surface area contributed by atoms with E-state index in [0.717, 1.165) is 41.7 Å². The number of hydrogen-bond acceptors (Lipinski definition) is 9. The summed E-state index contributed by atoms with van der Waals surface area (Å²) in [6.07, 6.45) is 2.46. The SMILES string of the molecule is CON(C)C(=O)C1CCCN(C(=O)OC(C)(C)C)C1.Cc1cccc(Br)n1.Cc1cccc(C(=O)C2CCCN(C(=O)OC(C)(C)C)C2)n1. The zero-order valence-electron chi connectivity index (χ0n) is 30.7. The lowest BCUT2D eigenvalue weighted by Gasteiger charge is -2.34. The van der Waals surface area contributed by atoms with E-state index in [1.54, 1.807) is 22.9 Å². The molecule has 49 heavy (non-hydrogen) atoms. The van der Waals surface area contributed by atoms with Crippen molar-refractivity contribution in [1.29, 1.82) is 0 Å². The van der Waals surface area contributed by atoms with Crippen LogP contribution in [0.25, 0.3) is 0 Å². The van der Waals surface area contributed by atoms with Gasteiger partial charge < -0.3 is 19.3 Å². The summed E-state index contributed by atoms with van der Waals surface area (Å²) in [7, 11) is 3.03. The third kappa shape index (κ3) is 15.2. The topological polar surface area (TPSA) is 131 Å². The van der Waals surface area contributed by atoms with Gasteiger partial charge in [0.15, 0.2) is 5.78 Å². The quantitative estimate of drug-likeness (QED) is 0.184. The second kappa shape index (κ2) is 19.0. The van der Waals surface area contributed by atoms with Crippen molar-refractivity contribution in [2.45, 2.75) is 92.3 Å². The number of hydrogen-bond donors (Lipinski definition) is 0. The molecule has 3 amide bonds. The van der Waals surface area contributed by atoms with Gasteiger partial charge in [-0.05, 0) is 121 Å². The summed E-state index contributed by atoms with van der Waals surface area (Å²) in [6.45, 7) is 16.9. The molecule has 4 heterocycles. The number of hydroxylamine groups is 2. The molecule has 2 fully saturated rings. The van der Waals surface area contributed by atoms with E-state index in [2.05, 4.69) is 25.9 Å². The van der Waals surface area contributed by atoms with Gasteiger partial charge in [0.05, 0.1) is 13.0 Å². The number of carbonyl (C=O) groups excluding carboxylic acids is 4. The molecule has 0 saturated carbocycles. The van der Waals surface area contributed by atoms with Crippen LogP contribution < -0.4 is 0 Å². The van der Waals surface area contributed by atoms with Crippen molar-refractivity contribution in [2.24, 2.45) is 11.8 Å². The smallest absolute Gasteiger partial charge is 0.410 e. The van der Waals surface area contributed by atoms with E-state index in [0.29, 0.717) is 31.9 Å². The Labute approximate surface area is 300 Å². The van der Waals surface area contributed by atoms with Crippen LogP contribution in [-0.4, -0.2) is 100 Å². The first-order valence-electron chi connectivity index (χ1n) is 16.6. The number of carbonyl (C=O) groups is 4. The maximum absolute atomic E-state index is 12.6. The Morgan fingerprint density at radius 2 is 1.24 bits per heavy atom. The summed E-state index contributed by atoms with van der Waals surface area (Å²) in [5.74, 6) is -0.505. The molecule has 13 heteroatoms. The molecule has 2 saturated heterocycles. The third-order valence-corrected chi connectivity index (χ3v) is 7.89. The minimum absolute atomic E-state index is 0.0111. The first kappa shape index (κ1) is 41.6. The number of aryl methyl sites for hydroxylation is 2. The Morgan fingerprint density at radius 1 is 0.776 bits per heavy atom. The van der Waals surface area contributed by atoms with Gasteiger partial charge in [0.25, 0.3) is 5.91 Å². The number of rotatable bonds is 4. The summed E-state index contributed by atoms with van der Waals surface area (Å²) < 4.78 is 11.6. The van der Waals surface area contributed by atoms with Crippen LogP contribution in [0.1, 0.15) is 89.1 Å². The number of pyridine rings is 2. The van der Waals surface area contributed by atoms with E-state index < -0.39 is 11.2 Å². The zero-order valence-corrected chi connectivity index (χ0v) is 32.3. The number of ether oxygens (including phenoxy) is 2. The Morgan fingerprint density at radius 3 is 1.67 bits per heavy atom. The second-order valence-corrected chi connectivity index (χ2v) is 15.0. The second-order valence-electron chi connectivity index (χ2n) is 14.2. The fraction of sp³-hybridized carbons (Fsp3) is 0.611. The molecule has 4 rings (SSSR count). The average Bonchev–Trinajstić information content (AvgIpc) is 3.02. The van der Waals surface area contributed by atoms with Crippen molar-refractivity contribution < 1.29 is 33.5 Å². The van der Waals surface area contributed by atoms with Gasteiger partial charge in [0.1, 0.15) is 21.5 Å². The highest BCUT2D eigenvalue weighted by molar-refractivity contribution is 9.10. The molecule has 2 aliphatic heterocycles. The highest BCUT2D eigenvalue weighted by atomic mass is 79.9. The number of Topliss-reactive ketones (excluding diaryl/α,β-unsaturated/α-hetero) is 1. The molecule has 272 valence electrons. The van der Waals surface area contributed by atoms with Gasteiger partial charge in [-0.25, -0.2) is 19.6 Å². The normalized spacial score (nSPS) is 17.8.